The minimum Gasteiger partial charge on any atom is -0.368 e. The first-order valence-corrected chi connectivity index (χ1v) is 5.91. The lowest BCUT2D eigenvalue weighted by Gasteiger charge is -2.10. The first-order chi connectivity index (χ1) is 7.79. The minimum absolute atomic E-state index is 0.160. The zero-order valence-corrected chi connectivity index (χ0v) is 9.98. The van der Waals surface area contributed by atoms with Crippen molar-refractivity contribution in [3.05, 3.63) is 24.5 Å². The Labute approximate surface area is 99.6 Å². The van der Waals surface area contributed by atoms with Gasteiger partial charge in [-0.2, -0.15) is 5.10 Å². The molecule has 2 aromatic rings. The van der Waals surface area contributed by atoms with Crippen LogP contribution in [0.4, 0.5) is 5.82 Å². The van der Waals surface area contributed by atoms with Crippen LogP contribution in [-0.2, 0) is 0 Å². The third-order valence-electron chi connectivity index (χ3n) is 2.36. The van der Waals surface area contributed by atoms with Crippen molar-refractivity contribution < 1.29 is 0 Å². The maximum absolute atomic E-state index is 6.12. The molecule has 0 amide bonds. The predicted molar refractivity (Wildman–Crippen MR) is 66.0 cm³/mol. The van der Waals surface area contributed by atoms with Crippen LogP contribution >= 0.6 is 11.6 Å². The number of nitrogens with zero attached hydrogens (tertiary/aromatic N) is 3. The highest BCUT2D eigenvalue weighted by Gasteiger charge is 2.03. The van der Waals surface area contributed by atoms with Crippen LogP contribution < -0.4 is 5.32 Å². The Hall–Kier alpha value is -1.29. The maximum Gasteiger partial charge on any atom is 0.157 e. The number of alkyl halides is 1. The van der Waals surface area contributed by atoms with Gasteiger partial charge in [-0.1, -0.05) is 13.3 Å². The molecule has 0 aliphatic carbocycles. The summed E-state index contributed by atoms with van der Waals surface area (Å²) in [5.74, 6) is 0.842. The molecule has 0 fully saturated rings. The van der Waals surface area contributed by atoms with Gasteiger partial charge in [0.15, 0.2) is 5.65 Å². The monoisotopic (exact) mass is 238 g/mol. The van der Waals surface area contributed by atoms with E-state index < -0.39 is 0 Å². The number of anilines is 1. The third-order valence-corrected chi connectivity index (χ3v) is 2.74. The quantitative estimate of drug-likeness (QED) is 0.814. The van der Waals surface area contributed by atoms with Crippen LogP contribution in [0.15, 0.2) is 24.5 Å². The molecule has 1 atom stereocenters. The topological polar surface area (TPSA) is 42.2 Å². The van der Waals surface area contributed by atoms with Crippen LogP contribution in [0.5, 0.6) is 0 Å². The zero-order chi connectivity index (χ0) is 11.4. The first kappa shape index (κ1) is 11.2. The van der Waals surface area contributed by atoms with E-state index in [4.69, 9.17) is 11.6 Å². The molecule has 0 aliphatic heterocycles. The largest absolute Gasteiger partial charge is 0.368 e. The number of hydrogen-bond donors (Lipinski definition) is 1. The Morgan fingerprint density at radius 3 is 3.19 bits per heavy atom. The van der Waals surface area contributed by atoms with Gasteiger partial charge in [-0.05, 0) is 12.5 Å². The Bertz CT molecular complexity index is 454. The van der Waals surface area contributed by atoms with Crippen molar-refractivity contribution in [2.45, 2.75) is 25.1 Å². The molecule has 1 unspecified atom stereocenters. The third kappa shape index (κ3) is 2.64. The second-order valence-electron chi connectivity index (χ2n) is 3.71. The fourth-order valence-electron chi connectivity index (χ4n) is 1.54. The van der Waals surface area contributed by atoms with E-state index in [2.05, 4.69) is 22.3 Å². The van der Waals surface area contributed by atoms with Crippen LogP contribution in [0.2, 0.25) is 0 Å². The van der Waals surface area contributed by atoms with Crippen LogP contribution in [-0.4, -0.2) is 26.5 Å². The summed E-state index contributed by atoms with van der Waals surface area (Å²) in [5.41, 5.74) is 0.839. The molecule has 0 bridgehead atoms. The van der Waals surface area contributed by atoms with Gasteiger partial charge in [-0.3, -0.25) is 0 Å². The van der Waals surface area contributed by atoms with Crippen LogP contribution in [0, 0.1) is 0 Å². The van der Waals surface area contributed by atoms with E-state index >= 15 is 0 Å². The van der Waals surface area contributed by atoms with Gasteiger partial charge in [-0.15, -0.1) is 11.6 Å². The van der Waals surface area contributed by atoms with Gasteiger partial charge in [-0.25, -0.2) is 9.50 Å². The SMILES string of the molecule is CCCC(Cl)CNc1ccn2nccc2n1. The molecule has 0 saturated carbocycles. The molecular weight excluding hydrogens is 224 g/mol. The van der Waals surface area contributed by atoms with Crippen molar-refractivity contribution in [1.82, 2.24) is 14.6 Å². The van der Waals surface area contributed by atoms with Gasteiger partial charge in [0, 0.05) is 18.8 Å². The molecule has 16 heavy (non-hydrogen) atoms. The van der Waals surface area contributed by atoms with Crippen molar-refractivity contribution in [2.24, 2.45) is 0 Å². The van der Waals surface area contributed by atoms with Gasteiger partial charge in [0.2, 0.25) is 0 Å². The van der Waals surface area contributed by atoms with Gasteiger partial charge >= 0.3 is 0 Å². The first-order valence-electron chi connectivity index (χ1n) is 5.48. The van der Waals surface area contributed by atoms with Crippen LogP contribution in [0.1, 0.15) is 19.8 Å². The number of nitrogens with one attached hydrogen (secondary N) is 1. The second kappa shape index (κ2) is 5.16. The fourth-order valence-corrected chi connectivity index (χ4v) is 1.84. The fraction of sp³-hybridized carbons (Fsp3) is 0.455. The highest BCUT2D eigenvalue weighted by molar-refractivity contribution is 6.20. The average Bonchev–Trinajstić information content (AvgIpc) is 2.74. The molecule has 0 aromatic carbocycles. The summed E-state index contributed by atoms with van der Waals surface area (Å²) >= 11 is 6.12. The van der Waals surface area contributed by atoms with E-state index in [0.29, 0.717) is 0 Å². The summed E-state index contributed by atoms with van der Waals surface area (Å²) in [4.78, 5) is 4.40. The van der Waals surface area contributed by atoms with E-state index in [9.17, 15) is 0 Å². The van der Waals surface area contributed by atoms with Crippen molar-refractivity contribution in [1.29, 1.82) is 0 Å². The lowest BCUT2D eigenvalue weighted by Crippen LogP contribution is -2.14. The summed E-state index contributed by atoms with van der Waals surface area (Å²) in [5, 5.41) is 7.47. The van der Waals surface area contributed by atoms with Crippen molar-refractivity contribution in [2.75, 3.05) is 11.9 Å². The van der Waals surface area contributed by atoms with Crippen LogP contribution in [0.25, 0.3) is 5.65 Å². The summed E-state index contributed by atoms with van der Waals surface area (Å²) in [6.45, 7) is 2.87. The normalized spacial score (nSPS) is 12.9. The van der Waals surface area contributed by atoms with Gasteiger partial charge in [0.05, 0.1) is 11.6 Å². The minimum atomic E-state index is 0.160. The summed E-state index contributed by atoms with van der Waals surface area (Å²) in [6, 6.07) is 3.77. The van der Waals surface area contributed by atoms with E-state index in [0.717, 1.165) is 30.9 Å². The molecule has 0 saturated heterocycles. The van der Waals surface area contributed by atoms with E-state index in [1.807, 2.05) is 18.3 Å². The molecular formula is C11H15ClN4. The predicted octanol–water partition coefficient (Wildman–Crippen LogP) is 2.55. The Kier molecular flexibility index (Phi) is 3.62. The Balaban J connectivity index is 1.98. The lowest BCUT2D eigenvalue weighted by atomic mass is 10.2. The second-order valence-corrected chi connectivity index (χ2v) is 4.33. The van der Waals surface area contributed by atoms with Crippen molar-refractivity contribution >= 4 is 23.1 Å². The molecule has 2 heterocycles. The smallest absolute Gasteiger partial charge is 0.157 e. The summed E-state index contributed by atoms with van der Waals surface area (Å²) in [6.07, 6.45) is 5.73. The molecule has 0 aliphatic rings. The Morgan fingerprint density at radius 1 is 1.50 bits per heavy atom. The molecule has 0 radical (unpaired) electrons. The van der Waals surface area contributed by atoms with Gasteiger partial charge < -0.3 is 5.32 Å². The molecule has 2 rings (SSSR count). The van der Waals surface area contributed by atoms with Gasteiger partial charge in [0.1, 0.15) is 5.82 Å². The van der Waals surface area contributed by atoms with E-state index in [1.165, 1.54) is 0 Å². The number of fused-ring (bicyclic) bond motifs is 1. The lowest BCUT2D eigenvalue weighted by molar-refractivity contribution is 0.750. The highest BCUT2D eigenvalue weighted by Crippen LogP contribution is 2.09. The molecule has 5 heteroatoms. The maximum atomic E-state index is 6.12. The standard InChI is InChI=1S/C11H15ClN4/c1-2-3-9(12)8-13-10-5-7-16-11(15-10)4-6-14-16/h4-7,9H,2-3,8H2,1H3,(H,13,15). The van der Waals surface area contributed by atoms with Crippen LogP contribution in [0.3, 0.4) is 0 Å². The number of hydrogen-bond acceptors (Lipinski definition) is 3. The Morgan fingerprint density at radius 2 is 2.38 bits per heavy atom. The summed E-state index contributed by atoms with van der Waals surface area (Å²) in [7, 11) is 0. The number of halogens is 1. The molecule has 2 aromatic heterocycles. The van der Waals surface area contributed by atoms with E-state index in [-0.39, 0.29) is 5.38 Å². The zero-order valence-electron chi connectivity index (χ0n) is 9.23. The molecule has 4 nitrogen and oxygen atoms in total. The molecule has 0 spiro atoms. The highest BCUT2D eigenvalue weighted by atomic mass is 35.5. The van der Waals surface area contributed by atoms with Crippen molar-refractivity contribution in [3.8, 4) is 0 Å². The number of aromatic nitrogens is 3. The summed E-state index contributed by atoms with van der Waals surface area (Å²) < 4.78 is 1.73. The average molecular weight is 239 g/mol. The number of rotatable bonds is 5. The molecule has 1 N–H and O–H groups in total. The molecule has 86 valence electrons. The van der Waals surface area contributed by atoms with E-state index in [1.54, 1.807) is 10.7 Å². The van der Waals surface area contributed by atoms with Crippen molar-refractivity contribution in [3.63, 3.8) is 0 Å². The van der Waals surface area contributed by atoms with Gasteiger partial charge in [0.25, 0.3) is 0 Å².